The predicted octanol–water partition coefficient (Wildman–Crippen LogP) is 4.72. The third kappa shape index (κ3) is 8.63. The monoisotopic (exact) mass is 593 g/mol. The van der Waals surface area contributed by atoms with Crippen molar-refractivity contribution < 1.29 is 32.2 Å². The summed E-state index contributed by atoms with van der Waals surface area (Å²) in [6, 6.07) is 8.73. The molecule has 2 atom stereocenters. The third-order valence-corrected chi connectivity index (χ3v) is 8.20. The van der Waals surface area contributed by atoms with Gasteiger partial charge >= 0.3 is 5.97 Å². The molecule has 0 unspecified atom stereocenters. The topological polar surface area (TPSA) is 91.4 Å². The molecular formula is C25H30Cl3NO7S. The van der Waals surface area contributed by atoms with E-state index in [1.165, 1.54) is 31.2 Å². The van der Waals surface area contributed by atoms with E-state index in [4.69, 9.17) is 53.8 Å². The first-order valence-corrected chi connectivity index (χ1v) is 14.5. The number of carbonyl (C=O) groups is 1. The fourth-order valence-electron chi connectivity index (χ4n) is 3.72. The van der Waals surface area contributed by atoms with E-state index in [2.05, 4.69) is 11.8 Å². The second-order valence-corrected chi connectivity index (χ2v) is 11.8. The summed E-state index contributed by atoms with van der Waals surface area (Å²) in [7, 11) is -3.91. The van der Waals surface area contributed by atoms with Gasteiger partial charge in [0.05, 0.1) is 45.5 Å². The molecule has 2 aromatic rings. The molecule has 12 heteroatoms. The number of morpholine rings is 1. The standard InChI is InChI=1S/C25H30Cl3NO7S/c1-17(14-29-7-9-33-10-8-29)15-34-19-3-5-21(6-4-19)37(31,32)22-11-23(27)25(24(28)12-22)35-16-20(13-26)36-18(2)30/h3-6,11-12,17,20H,7-10,13-16H2,1-2H3/t17-,20+/m0/s1. The zero-order chi connectivity index (χ0) is 27.0. The Kier molecular flexibility index (Phi) is 11.2. The van der Waals surface area contributed by atoms with Gasteiger partial charge in [0.2, 0.25) is 9.84 Å². The van der Waals surface area contributed by atoms with Crippen molar-refractivity contribution in [2.75, 3.05) is 51.9 Å². The van der Waals surface area contributed by atoms with E-state index in [0.717, 1.165) is 32.8 Å². The molecule has 37 heavy (non-hydrogen) atoms. The van der Waals surface area contributed by atoms with E-state index < -0.39 is 21.9 Å². The Hall–Kier alpha value is -1.75. The first kappa shape index (κ1) is 29.8. The zero-order valence-electron chi connectivity index (χ0n) is 20.6. The minimum Gasteiger partial charge on any atom is -0.493 e. The number of esters is 1. The lowest BCUT2D eigenvalue weighted by Crippen LogP contribution is -2.39. The summed E-state index contributed by atoms with van der Waals surface area (Å²) in [5, 5.41) is -0.00661. The number of hydrogen-bond acceptors (Lipinski definition) is 8. The van der Waals surface area contributed by atoms with Gasteiger partial charge in [0.15, 0.2) is 5.75 Å². The molecule has 1 saturated heterocycles. The molecule has 0 bridgehead atoms. The minimum atomic E-state index is -3.91. The molecule has 0 saturated carbocycles. The van der Waals surface area contributed by atoms with Crippen LogP contribution in [-0.4, -0.2) is 77.3 Å². The largest absolute Gasteiger partial charge is 0.493 e. The average Bonchev–Trinajstić information content (AvgIpc) is 2.86. The summed E-state index contributed by atoms with van der Waals surface area (Å²) in [6.45, 7) is 8.03. The highest BCUT2D eigenvalue weighted by Gasteiger charge is 2.23. The maximum Gasteiger partial charge on any atom is 0.303 e. The van der Waals surface area contributed by atoms with Crippen LogP contribution >= 0.6 is 34.8 Å². The predicted molar refractivity (Wildman–Crippen MR) is 142 cm³/mol. The van der Waals surface area contributed by atoms with Crippen LogP contribution < -0.4 is 9.47 Å². The minimum absolute atomic E-state index is 0.00330. The maximum absolute atomic E-state index is 13.2. The molecule has 0 amide bonds. The molecule has 2 aromatic carbocycles. The SMILES string of the molecule is CC(=O)O[C@H](CCl)COc1c(Cl)cc(S(=O)(=O)c2ccc(OC[C@@H](C)CN3CCOCC3)cc2)cc1Cl. The van der Waals surface area contributed by atoms with Crippen molar-refractivity contribution >= 4 is 50.6 Å². The number of benzene rings is 2. The van der Waals surface area contributed by atoms with Gasteiger partial charge in [-0.25, -0.2) is 8.42 Å². The molecule has 0 radical (unpaired) electrons. The van der Waals surface area contributed by atoms with Crippen LogP contribution in [0.3, 0.4) is 0 Å². The Balaban J connectivity index is 1.63. The van der Waals surface area contributed by atoms with Crippen LogP contribution in [0.1, 0.15) is 13.8 Å². The Morgan fingerprint density at radius 2 is 1.65 bits per heavy atom. The van der Waals surface area contributed by atoms with Crippen LogP contribution in [0.15, 0.2) is 46.2 Å². The van der Waals surface area contributed by atoms with E-state index in [-0.39, 0.29) is 38.1 Å². The van der Waals surface area contributed by atoms with Crippen LogP contribution in [0.4, 0.5) is 0 Å². The van der Waals surface area contributed by atoms with Crippen LogP contribution in [0.25, 0.3) is 0 Å². The van der Waals surface area contributed by atoms with Gasteiger partial charge in [-0.1, -0.05) is 30.1 Å². The number of carbonyl (C=O) groups excluding carboxylic acids is 1. The lowest BCUT2D eigenvalue weighted by atomic mass is 10.2. The van der Waals surface area contributed by atoms with Gasteiger partial charge in [-0.2, -0.15) is 0 Å². The molecule has 0 N–H and O–H groups in total. The van der Waals surface area contributed by atoms with Gasteiger partial charge in [-0.3, -0.25) is 9.69 Å². The number of nitrogens with zero attached hydrogens (tertiary/aromatic N) is 1. The quantitative estimate of drug-likeness (QED) is 0.258. The summed E-state index contributed by atoms with van der Waals surface area (Å²) in [5.41, 5.74) is 0. The Labute approximate surface area is 232 Å². The fourth-order valence-corrected chi connectivity index (χ4v) is 5.91. The normalized spacial score (nSPS) is 16.1. The second kappa shape index (κ2) is 13.9. The van der Waals surface area contributed by atoms with Gasteiger partial charge in [0, 0.05) is 32.5 Å². The van der Waals surface area contributed by atoms with Crippen LogP contribution in [0.5, 0.6) is 11.5 Å². The van der Waals surface area contributed by atoms with E-state index in [0.29, 0.717) is 18.3 Å². The maximum atomic E-state index is 13.2. The summed E-state index contributed by atoms with van der Waals surface area (Å²) in [5.74, 6) is 0.453. The summed E-state index contributed by atoms with van der Waals surface area (Å²) in [4.78, 5) is 13.5. The van der Waals surface area contributed by atoms with Crippen molar-refractivity contribution in [1.82, 2.24) is 4.90 Å². The van der Waals surface area contributed by atoms with Crippen molar-refractivity contribution in [3.63, 3.8) is 0 Å². The molecule has 0 spiro atoms. The van der Waals surface area contributed by atoms with Gasteiger partial charge in [0.1, 0.15) is 18.5 Å². The highest BCUT2D eigenvalue weighted by atomic mass is 35.5. The highest BCUT2D eigenvalue weighted by molar-refractivity contribution is 7.91. The number of halogens is 3. The van der Waals surface area contributed by atoms with Gasteiger partial charge in [-0.05, 0) is 36.4 Å². The van der Waals surface area contributed by atoms with E-state index in [1.807, 2.05) is 0 Å². The van der Waals surface area contributed by atoms with E-state index in [1.54, 1.807) is 12.1 Å². The summed E-state index contributed by atoms with van der Waals surface area (Å²) >= 11 is 18.3. The molecular weight excluding hydrogens is 565 g/mol. The Morgan fingerprint density at radius 1 is 1.03 bits per heavy atom. The van der Waals surface area contributed by atoms with Gasteiger partial charge in [-0.15, -0.1) is 11.6 Å². The number of alkyl halides is 1. The van der Waals surface area contributed by atoms with Crippen LogP contribution in [-0.2, 0) is 24.1 Å². The number of rotatable bonds is 12. The average molecular weight is 595 g/mol. The first-order chi connectivity index (χ1) is 17.6. The zero-order valence-corrected chi connectivity index (χ0v) is 23.7. The van der Waals surface area contributed by atoms with Crippen molar-refractivity contribution in [3.05, 3.63) is 46.4 Å². The molecule has 0 aliphatic carbocycles. The molecule has 1 fully saturated rings. The third-order valence-electron chi connectivity index (χ3n) is 5.54. The summed E-state index contributed by atoms with van der Waals surface area (Å²) < 4.78 is 48.2. The number of hydrogen-bond donors (Lipinski definition) is 0. The second-order valence-electron chi connectivity index (χ2n) is 8.72. The fraction of sp³-hybridized carbons (Fsp3) is 0.480. The van der Waals surface area contributed by atoms with Crippen molar-refractivity contribution in [1.29, 1.82) is 0 Å². The lowest BCUT2D eigenvalue weighted by molar-refractivity contribution is -0.146. The van der Waals surface area contributed by atoms with Crippen LogP contribution in [0, 0.1) is 5.92 Å². The molecule has 1 aliphatic rings. The van der Waals surface area contributed by atoms with Crippen molar-refractivity contribution in [3.8, 4) is 11.5 Å². The van der Waals surface area contributed by atoms with Gasteiger partial charge in [0.25, 0.3) is 0 Å². The van der Waals surface area contributed by atoms with Crippen molar-refractivity contribution in [2.45, 2.75) is 29.7 Å². The number of sulfone groups is 1. The first-order valence-electron chi connectivity index (χ1n) is 11.7. The molecule has 1 heterocycles. The molecule has 204 valence electrons. The van der Waals surface area contributed by atoms with Gasteiger partial charge < -0.3 is 18.9 Å². The molecule has 3 rings (SSSR count). The smallest absolute Gasteiger partial charge is 0.303 e. The Morgan fingerprint density at radius 3 is 2.22 bits per heavy atom. The highest BCUT2D eigenvalue weighted by Crippen LogP contribution is 2.37. The molecule has 1 aliphatic heterocycles. The molecule has 8 nitrogen and oxygen atoms in total. The number of ether oxygens (including phenoxy) is 4. The molecule has 0 aromatic heterocycles. The Bertz CT molecular complexity index is 1130. The van der Waals surface area contributed by atoms with E-state index >= 15 is 0 Å². The van der Waals surface area contributed by atoms with E-state index in [9.17, 15) is 13.2 Å². The lowest BCUT2D eigenvalue weighted by Gasteiger charge is -2.29. The van der Waals surface area contributed by atoms with Crippen LogP contribution in [0.2, 0.25) is 10.0 Å². The van der Waals surface area contributed by atoms with Crippen molar-refractivity contribution in [2.24, 2.45) is 5.92 Å². The summed E-state index contributed by atoms with van der Waals surface area (Å²) in [6.07, 6.45) is -0.710.